The fraction of sp³-hybridized carbons (Fsp3) is 0.562. The molecule has 1 aliphatic carbocycles. The van der Waals surface area contributed by atoms with Crippen molar-refractivity contribution in [2.45, 2.75) is 37.7 Å². The highest BCUT2D eigenvalue weighted by Crippen LogP contribution is 2.40. The van der Waals surface area contributed by atoms with Crippen LogP contribution in [0.1, 0.15) is 42.5 Å². The van der Waals surface area contributed by atoms with E-state index < -0.39 is 5.60 Å². The van der Waals surface area contributed by atoms with Gasteiger partial charge in [-0.3, -0.25) is 4.79 Å². The SMILES string of the molecule is O=C(c1ccc(O)c(Cl)c1)N1CCC2(O)CCCCC2C1. The first kappa shape index (κ1) is 14.7. The number of phenols is 1. The van der Waals surface area contributed by atoms with Gasteiger partial charge in [-0.05, 0) is 37.5 Å². The van der Waals surface area contributed by atoms with E-state index in [0.29, 0.717) is 25.1 Å². The molecule has 2 fully saturated rings. The van der Waals surface area contributed by atoms with Crippen LogP contribution in [0.5, 0.6) is 5.75 Å². The zero-order chi connectivity index (χ0) is 15.0. The van der Waals surface area contributed by atoms with Gasteiger partial charge in [0.25, 0.3) is 5.91 Å². The van der Waals surface area contributed by atoms with Crippen LogP contribution < -0.4 is 0 Å². The molecule has 1 aliphatic heterocycles. The molecular formula is C16H20ClNO3. The quantitative estimate of drug-likeness (QED) is 0.838. The summed E-state index contributed by atoms with van der Waals surface area (Å²) in [6.07, 6.45) is 4.69. The first-order valence-corrected chi connectivity index (χ1v) is 7.87. The number of carbonyl (C=O) groups excluding carboxylic acids is 1. The number of benzene rings is 1. The van der Waals surface area contributed by atoms with Crippen molar-refractivity contribution in [3.63, 3.8) is 0 Å². The van der Waals surface area contributed by atoms with Gasteiger partial charge in [-0.1, -0.05) is 24.4 Å². The Morgan fingerprint density at radius 3 is 2.90 bits per heavy atom. The van der Waals surface area contributed by atoms with Crippen molar-refractivity contribution in [1.29, 1.82) is 0 Å². The number of aromatic hydroxyl groups is 1. The van der Waals surface area contributed by atoms with Crippen molar-refractivity contribution >= 4 is 17.5 Å². The van der Waals surface area contributed by atoms with Gasteiger partial charge in [0.2, 0.25) is 0 Å². The number of amides is 1. The predicted molar refractivity (Wildman–Crippen MR) is 80.5 cm³/mol. The monoisotopic (exact) mass is 309 g/mol. The summed E-state index contributed by atoms with van der Waals surface area (Å²) < 4.78 is 0. The van der Waals surface area contributed by atoms with Gasteiger partial charge >= 0.3 is 0 Å². The minimum absolute atomic E-state index is 0.0199. The summed E-state index contributed by atoms with van der Waals surface area (Å²) >= 11 is 5.87. The Balaban J connectivity index is 1.75. The summed E-state index contributed by atoms with van der Waals surface area (Å²) in [7, 11) is 0. The zero-order valence-electron chi connectivity index (χ0n) is 11.9. The fourth-order valence-electron chi connectivity index (χ4n) is 3.58. The number of fused-ring (bicyclic) bond motifs is 1. The zero-order valence-corrected chi connectivity index (χ0v) is 12.6. The lowest BCUT2D eigenvalue weighted by atomic mass is 9.71. The maximum absolute atomic E-state index is 12.5. The number of carbonyl (C=O) groups is 1. The van der Waals surface area contributed by atoms with Gasteiger partial charge in [-0.2, -0.15) is 0 Å². The largest absolute Gasteiger partial charge is 0.506 e. The van der Waals surface area contributed by atoms with Crippen LogP contribution in [0.15, 0.2) is 18.2 Å². The number of rotatable bonds is 1. The topological polar surface area (TPSA) is 60.8 Å². The molecule has 2 atom stereocenters. The Morgan fingerprint density at radius 2 is 2.14 bits per heavy atom. The second-order valence-electron chi connectivity index (χ2n) is 6.21. The summed E-state index contributed by atoms with van der Waals surface area (Å²) in [5.74, 6) is 0.0783. The third-order valence-electron chi connectivity index (χ3n) is 4.91. The van der Waals surface area contributed by atoms with Crippen LogP contribution in [0, 0.1) is 5.92 Å². The van der Waals surface area contributed by atoms with Crippen LogP contribution in [0.2, 0.25) is 5.02 Å². The molecule has 2 unspecified atom stereocenters. The summed E-state index contributed by atoms with van der Waals surface area (Å²) in [5.41, 5.74) is -0.0965. The number of nitrogens with zero attached hydrogens (tertiary/aromatic N) is 1. The van der Waals surface area contributed by atoms with E-state index in [9.17, 15) is 15.0 Å². The van der Waals surface area contributed by atoms with E-state index in [1.54, 1.807) is 11.0 Å². The lowest BCUT2D eigenvalue weighted by molar-refractivity contribution is -0.0886. The minimum atomic E-state index is -0.582. The van der Waals surface area contributed by atoms with Crippen LogP contribution in [0.25, 0.3) is 0 Å². The molecule has 21 heavy (non-hydrogen) atoms. The van der Waals surface area contributed by atoms with E-state index in [4.69, 9.17) is 11.6 Å². The van der Waals surface area contributed by atoms with Gasteiger partial charge in [0.15, 0.2) is 0 Å². The van der Waals surface area contributed by atoms with Crippen LogP contribution in [-0.2, 0) is 0 Å². The van der Waals surface area contributed by atoms with E-state index in [2.05, 4.69) is 0 Å². The Bertz CT molecular complexity index is 562. The van der Waals surface area contributed by atoms with Gasteiger partial charge in [-0.15, -0.1) is 0 Å². The summed E-state index contributed by atoms with van der Waals surface area (Å²) in [5, 5.41) is 20.3. The standard InChI is InChI=1S/C16H20ClNO3/c17-13-9-11(4-5-14(13)19)15(20)18-8-7-16(21)6-2-1-3-12(16)10-18/h4-5,9,12,19,21H,1-3,6-8,10H2. The number of likely N-dealkylation sites (tertiary alicyclic amines) is 1. The number of hydrogen-bond acceptors (Lipinski definition) is 3. The minimum Gasteiger partial charge on any atom is -0.506 e. The number of aliphatic hydroxyl groups is 1. The average molecular weight is 310 g/mol. The molecule has 0 aromatic heterocycles. The van der Waals surface area contributed by atoms with E-state index in [1.165, 1.54) is 12.1 Å². The summed E-state index contributed by atoms with van der Waals surface area (Å²) in [6, 6.07) is 4.53. The highest BCUT2D eigenvalue weighted by Gasteiger charge is 2.43. The third-order valence-corrected chi connectivity index (χ3v) is 5.21. The number of hydrogen-bond donors (Lipinski definition) is 2. The smallest absolute Gasteiger partial charge is 0.253 e. The van der Waals surface area contributed by atoms with Gasteiger partial charge in [0, 0.05) is 24.6 Å². The number of piperidine rings is 1. The molecule has 4 nitrogen and oxygen atoms in total. The maximum Gasteiger partial charge on any atom is 0.253 e. The molecule has 114 valence electrons. The van der Waals surface area contributed by atoms with Crippen LogP contribution in [-0.4, -0.2) is 39.7 Å². The van der Waals surface area contributed by atoms with Gasteiger partial charge < -0.3 is 15.1 Å². The molecule has 1 aromatic carbocycles. The second kappa shape index (κ2) is 5.50. The van der Waals surface area contributed by atoms with Crippen molar-refractivity contribution in [1.82, 2.24) is 4.90 Å². The molecule has 1 saturated carbocycles. The molecular weight excluding hydrogens is 290 g/mol. The van der Waals surface area contributed by atoms with E-state index >= 15 is 0 Å². The number of phenolic OH excluding ortho intramolecular Hbond substituents is 1. The van der Waals surface area contributed by atoms with Gasteiger partial charge in [0.1, 0.15) is 5.75 Å². The van der Waals surface area contributed by atoms with Crippen LogP contribution in [0.3, 0.4) is 0 Å². The highest BCUT2D eigenvalue weighted by molar-refractivity contribution is 6.32. The molecule has 1 saturated heterocycles. The van der Waals surface area contributed by atoms with Crippen LogP contribution >= 0.6 is 11.6 Å². The summed E-state index contributed by atoms with van der Waals surface area (Å²) in [6.45, 7) is 1.18. The van der Waals surface area contributed by atoms with Crippen molar-refractivity contribution in [3.05, 3.63) is 28.8 Å². The second-order valence-corrected chi connectivity index (χ2v) is 6.62. The average Bonchev–Trinajstić information content (AvgIpc) is 2.48. The molecule has 1 aromatic rings. The maximum atomic E-state index is 12.5. The van der Waals surface area contributed by atoms with Gasteiger partial charge in [-0.25, -0.2) is 0 Å². The van der Waals surface area contributed by atoms with E-state index in [-0.39, 0.29) is 22.6 Å². The molecule has 0 radical (unpaired) electrons. The molecule has 1 heterocycles. The lowest BCUT2D eigenvalue weighted by Gasteiger charge is -2.47. The van der Waals surface area contributed by atoms with Crippen molar-refractivity contribution in [2.75, 3.05) is 13.1 Å². The molecule has 1 amide bonds. The summed E-state index contributed by atoms with van der Waals surface area (Å²) in [4.78, 5) is 14.3. The molecule has 2 aliphatic rings. The first-order valence-electron chi connectivity index (χ1n) is 7.50. The Kier molecular flexibility index (Phi) is 3.84. The molecule has 3 rings (SSSR count). The molecule has 5 heteroatoms. The molecule has 0 bridgehead atoms. The Morgan fingerprint density at radius 1 is 1.33 bits per heavy atom. The third kappa shape index (κ3) is 2.74. The van der Waals surface area contributed by atoms with Gasteiger partial charge in [0.05, 0.1) is 10.6 Å². The first-order chi connectivity index (χ1) is 9.99. The van der Waals surface area contributed by atoms with Crippen molar-refractivity contribution in [2.24, 2.45) is 5.92 Å². The number of halogens is 1. The van der Waals surface area contributed by atoms with Crippen molar-refractivity contribution < 1.29 is 15.0 Å². The highest BCUT2D eigenvalue weighted by atomic mass is 35.5. The van der Waals surface area contributed by atoms with Crippen molar-refractivity contribution in [3.8, 4) is 5.75 Å². The fourth-order valence-corrected chi connectivity index (χ4v) is 3.76. The molecule has 2 N–H and O–H groups in total. The molecule has 0 spiro atoms. The van der Waals surface area contributed by atoms with E-state index in [0.717, 1.165) is 25.7 Å². The normalized spacial score (nSPS) is 29.0. The lowest BCUT2D eigenvalue weighted by Crippen LogP contribution is -2.54. The predicted octanol–water partition coefficient (Wildman–Crippen LogP) is 2.81. The van der Waals surface area contributed by atoms with E-state index in [1.807, 2.05) is 0 Å². The van der Waals surface area contributed by atoms with Crippen LogP contribution in [0.4, 0.5) is 0 Å². The Hall–Kier alpha value is -1.26. The Labute approximate surface area is 129 Å².